The van der Waals surface area contributed by atoms with Crippen LogP contribution in [0.2, 0.25) is 0 Å². The fourth-order valence-corrected chi connectivity index (χ4v) is 4.90. The minimum atomic E-state index is -4.60. The average molecular weight is 462 g/mol. The molecule has 2 aromatic rings. The van der Waals surface area contributed by atoms with Gasteiger partial charge in [0.2, 0.25) is 0 Å². The first-order valence-corrected chi connectivity index (χ1v) is 11.2. The molecule has 0 aromatic heterocycles. The SMILES string of the molecule is CN(C(=O)N1CCOCC1)C(c1ccc(N[C@@H]2Cc3ccccc3C2(C)C)cc1)C(F)(F)F. The number of ether oxygens (including phenoxy) is 1. The number of nitrogens with one attached hydrogen (secondary N) is 1. The molecule has 2 amide bonds. The van der Waals surface area contributed by atoms with Crippen LogP contribution in [0.4, 0.5) is 23.7 Å². The number of hydrogen-bond donors (Lipinski definition) is 1. The minimum Gasteiger partial charge on any atom is -0.381 e. The Labute approximate surface area is 192 Å². The molecule has 0 spiro atoms. The van der Waals surface area contributed by atoms with E-state index in [1.165, 1.54) is 35.2 Å². The number of amides is 2. The molecule has 0 bridgehead atoms. The van der Waals surface area contributed by atoms with Gasteiger partial charge >= 0.3 is 12.2 Å². The molecular formula is C25H30F3N3O2. The number of halogens is 3. The molecule has 178 valence electrons. The van der Waals surface area contributed by atoms with Gasteiger partial charge in [0.1, 0.15) is 0 Å². The first kappa shape index (κ1) is 23.4. The van der Waals surface area contributed by atoms with Gasteiger partial charge in [-0.1, -0.05) is 50.2 Å². The monoisotopic (exact) mass is 461 g/mol. The van der Waals surface area contributed by atoms with Gasteiger partial charge in [-0.3, -0.25) is 0 Å². The van der Waals surface area contributed by atoms with E-state index in [2.05, 4.69) is 31.3 Å². The number of morpholine rings is 1. The number of nitrogens with zero attached hydrogens (tertiary/aromatic N) is 2. The maximum absolute atomic E-state index is 14.0. The number of anilines is 1. The van der Waals surface area contributed by atoms with E-state index in [0.717, 1.165) is 17.0 Å². The van der Waals surface area contributed by atoms with E-state index in [1.54, 1.807) is 12.1 Å². The summed E-state index contributed by atoms with van der Waals surface area (Å²) in [5.74, 6) is 0. The van der Waals surface area contributed by atoms with Gasteiger partial charge in [-0.15, -0.1) is 0 Å². The van der Waals surface area contributed by atoms with Crippen molar-refractivity contribution in [2.75, 3.05) is 38.7 Å². The lowest BCUT2D eigenvalue weighted by molar-refractivity contribution is -0.177. The highest BCUT2D eigenvalue weighted by atomic mass is 19.4. The summed E-state index contributed by atoms with van der Waals surface area (Å²) in [6.45, 7) is 5.59. The fourth-order valence-electron chi connectivity index (χ4n) is 4.90. The van der Waals surface area contributed by atoms with E-state index in [-0.39, 0.29) is 30.1 Å². The minimum absolute atomic E-state index is 0.0335. The lowest BCUT2D eigenvalue weighted by Crippen LogP contribution is -2.50. The normalized spacial score (nSPS) is 20.8. The van der Waals surface area contributed by atoms with E-state index >= 15 is 0 Å². The van der Waals surface area contributed by atoms with Crippen LogP contribution < -0.4 is 5.32 Å². The molecule has 1 aliphatic carbocycles. The average Bonchev–Trinajstić information content (AvgIpc) is 3.04. The van der Waals surface area contributed by atoms with Crippen LogP contribution >= 0.6 is 0 Å². The first-order chi connectivity index (χ1) is 15.6. The quantitative estimate of drug-likeness (QED) is 0.698. The summed E-state index contributed by atoms with van der Waals surface area (Å²) in [6.07, 6.45) is -3.74. The zero-order valence-electron chi connectivity index (χ0n) is 19.2. The number of urea groups is 1. The summed E-state index contributed by atoms with van der Waals surface area (Å²) in [6, 6.07) is 12.0. The van der Waals surface area contributed by atoms with E-state index in [0.29, 0.717) is 13.2 Å². The highest BCUT2D eigenvalue weighted by Gasteiger charge is 2.46. The number of rotatable bonds is 4. The number of hydrogen-bond acceptors (Lipinski definition) is 3. The van der Waals surface area contributed by atoms with Gasteiger partial charge in [-0.2, -0.15) is 13.2 Å². The zero-order chi connectivity index (χ0) is 23.8. The van der Waals surface area contributed by atoms with Gasteiger partial charge in [0.15, 0.2) is 6.04 Å². The number of benzene rings is 2. The van der Waals surface area contributed by atoms with Crippen LogP contribution in [-0.2, 0) is 16.6 Å². The van der Waals surface area contributed by atoms with E-state index < -0.39 is 18.2 Å². The Balaban J connectivity index is 1.51. The Morgan fingerprint density at radius 1 is 1.12 bits per heavy atom. The van der Waals surface area contributed by atoms with Crippen LogP contribution in [-0.4, -0.2) is 61.4 Å². The van der Waals surface area contributed by atoms with Crippen molar-refractivity contribution in [1.82, 2.24) is 9.80 Å². The van der Waals surface area contributed by atoms with E-state index in [1.807, 2.05) is 12.1 Å². The molecule has 1 aliphatic heterocycles. The summed E-state index contributed by atoms with van der Waals surface area (Å²) in [7, 11) is 1.21. The Kier molecular flexibility index (Phi) is 6.31. The van der Waals surface area contributed by atoms with Crippen LogP contribution in [0, 0.1) is 0 Å². The third kappa shape index (κ3) is 4.67. The lowest BCUT2D eigenvalue weighted by atomic mass is 9.83. The van der Waals surface area contributed by atoms with Crippen LogP contribution in [0.25, 0.3) is 0 Å². The van der Waals surface area contributed by atoms with Gasteiger partial charge in [-0.05, 0) is 35.2 Å². The zero-order valence-corrected chi connectivity index (χ0v) is 19.2. The van der Waals surface area contributed by atoms with Crippen molar-refractivity contribution in [3.8, 4) is 0 Å². The largest absolute Gasteiger partial charge is 0.413 e. The van der Waals surface area contributed by atoms with Crippen molar-refractivity contribution in [1.29, 1.82) is 0 Å². The maximum Gasteiger partial charge on any atom is 0.413 e. The van der Waals surface area contributed by atoms with Crippen LogP contribution in [0.5, 0.6) is 0 Å². The van der Waals surface area contributed by atoms with Crippen molar-refractivity contribution in [3.63, 3.8) is 0 Å². The molecule has 1 heterocycles. The molecule has 4 rings (SSSR count). The van der Waals surface area contributed by atoms with Crippen LogP contribution in [0.1, 0.15) is 36.6 Å². The maximum atomic E-state index is 14.0. The van der Waals surface area contributed by atoms with Gasteiger partial charge in [-0.25, -0.2) is 4.79 Å². The third-order valence-electron chi connectivity index (χ3n) is 6.85. The van der Waals surface area contributed by atoms with Crippen molar-refractivity contribution in [3.05, 3.63) is 65.2 Å². The van der Waals surface area contributed by atoms with Gasteiger partial charge in [0.25, 0.3) is 0 Å². The van der Waals surface area contributed by atoms with Gasteiger partial charge in [0, 0.05) is 37.3 Å². The summed E-state index contributed by atoms with van der Waals surface area (Å²) in [5, 5.41) is 3.50. The Morgan fingerprint density at radius 2 is 1.76 bits per heavy atom. The smallest absolute Gasteiger partial charge is 0.381 e. The molecule has 2 aromatic carbocycles. The highest BCUT2D eigenvalue weighted by molar-refractivity contribution is 5.75. The predicted molar refractivity (Wildman–Crippen MR) is 121 cm³/mol. The molecule has 0 saturated carbocycles. The second-order valence-corrected chi connectivity index (χ2v) is 9.34. The molecule has 1 N–H and O–H groups in total. The number of carbonyl (C=O) groups is 1. The summed E-state index contributed by atoms with van der Waals surface area (Å²) in [5.41, 5.74) is 3.27. The second-order valence-electron chi connectivity index (χ2n) is 9.34. The molecule has 8 heteroatoms. The Morgan fingerprint density at radius 3 is 2.36 bits per heavy atom. The topological polar surface area (TPSA) is 44.8 Å². The molecule has 1 unspecified atom stereocenters. The van der Waals surface area contributed by atoms with Crippen LogP contribution in [0.15, 0.2) is 48.5 Å². The molecule has 2 aliphatic rings. The Hall–Kier alpha value is -2.74. The molecular weight excluding hydrogens is 431 g/mol. The third-order valence-corrected chi connectivity index (χ3v) is 6.85. The van der Waals surface area contributed by atoms with Crippen molar-refractivity contribution >= 4 is 11.7 Å². The van der Waals surface area contributed by atoms with E-state index in [9.17, 15) is 18.0 Å². The molecule has 0 radical (unpaired) electrons. The number of alkyl halides is 3. The summed E-state index contributed by atoms with van der Waals surface area (Å²) < 4.78 is 47.2. The van der Waals surface area contributed by atoms with Crippen molar-refractivity contribution in [2.45, 2.75) is 43.9 Å². The van der Waals surface area contributed by atoms with Crippen molar-refractivity contribution < 1.29 is 22.7 Å². The molecule has 5 nitrogen and oxygen atoms in total. The fraction of sp³-hybridized carbons (Fsp3) is 0.480. The van der Waals surface area contributed by atoms with Crippen molar-refractivity contribution in [2.24, 2.45) is 0 Å². The summed E-state index contributed by atoms with van der Waals surface area (Å²) in [4.78, 5) is 14.9. The molecule has 33 heavy (non-hydrogen) atoms. The molecule has 2 atom stereocenters. The predicted octanol–water partition coefficient (Wildman–Crippen LogP) is 4.99. The van der Waals surface area contributed by atoms with Crippen LogP contribution in [0.3, 0.4) is 0 Å². The molecule has 1 saturated heterocycles. The standard InChI is InChI=1S/C25H30F3N3O2/c1-24(2)20-7-5-4-6-18(20)16-21(24)29-19-10-8-17(9-11-19)22(25(26,27)28)30(3)23(32)31-12-14-33-15-13-31/h4-11,21-22,29H,12-16H2,1-3H3/t21-,22?/m1/s1. The highest BCUT2D eigenvalue weighted by Crippen LogP contribution is 2.41. The molecule has 1 fully saturated rings. The van der Waals surface area contributed by atoms with Gasteiger partial charge in [0.05, 0.1) is 13.2 Å². The van der Waals surface area contributed by atoms with Gasteiger partial charge < -0.3 is 19.9 Å². The second kappa shape index (κ2) is 8.89. The summed E-state index contributed by atoms with van der Waals surface area (Å²) >= 11 is 0. The number of carbonyl (C=O) groups excluding carboxylic acids is 1. The Bertz CT molecular complexity index is 985. The van der Waals surface area contributed by atoms with E-state index in [4.69, 9.17) is 4.74 Å². The lowest BCUT2D eigenvalue weighted by Gasteiger charge is -2.36. The number of fused-ring (bicyclic) bond motifs is 1. The first-order valence-electron chi connectivity index (χ1n) is 11.2.